The van der Waals surface area contributed by atoms with Crippen molar-refractivity contribution < 1.29 is 18.0 Å². The number of hydrogen-bond donors (Lipinski definition) is 0. The highest BCUT2D eigenvalue weighted by Gasteiger charge is 2.31. The molecular weight excluding hydrogens is 435 g/mol. The molecule has 9 heteroatoms. The molecule has 0 radical (unpaired) electrons. The van der Waals surface area contributed by atoms with Crippen LogP contribution in [0.3, 0.4) is 0 Å². The van der Waals surface area contributed by atoms with Crippen LogP contribution >= 0.6 is 23.7 Å². The molecule has 1 amide bonds. The Morgan fingerprint density at radius 1 is 1.10 bits per heavy atom. The van der Waals surface area contributed by atoms with E-state index in [9.17, 15) is 18.0 Å². The van der Waals surface area contributed by atoms with Crippen molar-refractivity contribution in [3.05, 3.63) is 59.2 Å². The maximum Gasteiger partial charge on any atom is 0.416 e. The van der Waals surface area contributed by atoms with Crippen molar-refractivity contribution in [3.63, 3.8) is 0 Å². The van der Waals surface area contributed by atoms with Crippen LogP contribution in [0.25, 0.3) is 10.2 Å². The number of fused-ring (bicyclic) bond motifs is 1. The molecule has 30 heavy (non-hydrogen) atoms. The predicted molar refractivity (Wildman–Crippen MR) is 118 cm³/mol. The fourth-order valence-electron chi connectivity index (χ4n) is 2.95. The maximum absolute atomic E-state index is 13.2. The van der Waals surface area contributed by atoms with Crippen LogP contribution in [-0.2, 0) is 6.18 Å². The number of alkyl halides is 3. The normalized spacial score (nSPS) is 11.6. The summed E-state index contributed by atoms with van der Waals surface area (Å²) in [5, 5.41) is 0.492. The number of aromatic nitrogens is 1. The first-order valence-electron chi connectivity index (χ1n) is 9.16. The average Bonchev–Trinajstić information content (AvgIpc) is 3.06. The molecule has 0 fully saturated rings. The van der Waals surface area contributed by atoms with Crippen LogP contribution in [0.2, 0.25) is 0 Å². The number of aryl methyl sites for hydroxylation is 1. The third-order valence-electron chi connectivity index (χ3n) is 4.43. The smallest absolute Gasteiger partial charge is 0.309 e. The molecule has 0 bridgehead atoms. The lowest BCUT2D eigenvalue weighted by Gasteiger charge is -2.21. The van der Waals surface area contributed by atoms with E-state index in [4.69, 9.17) is 0 Å². The SMILES string of the molecule is Cc1ccc2nc(N(CCCN(C)C)C(=O)c3cccc(C(F)(F)F)c3)sc2c1.Cl. The Morgan fingerprint density at radius 3 is 2.50 bits per heavy atom. The zero-order chi connectivity index (χ0) is 21.2. The Hall–Kier alpha value is -2.16. The van der Waals surface area contributed by atoms with E-state index in [-0.39, 0.29) is 18.0 Å². The van der Waals surface area contributed by atoms with Gasteiger partial charge in [-0.3, -0.25) is 9.69 Å². The van der Waals surface area contributed by atoms with Crippen molar-refractivity contribution in [2.24, 2.45) is 0 Å². The second-order valence-electron chi connectivity index (χ2n) is 7.16. The molecule has 0 aliphatic heterocycles. The van der Waals surface area contributed by atoms with E-state index in [1.165, 1.54) is 28.4 Å². The monoisotopic (exact) mass is 457 g/mol. The highest BCUT2D eigenvalue weighted by atomic mass is 35.5. The van der Waals surface area contributed by atoms with Gasteiger partial charge in [-0.05, 0) is 69.9 Å². The Morgan fingerprint density at radius 2 is 1.83 bits per heavy atom. The third-order valence-corrected chi connectivity index (χ3v) is 5.47. The number of hydrogen-bond acceptors (Lipinski definition) is 4. The lowest BCUT2D eigenvalue weighted by molar-refractivity contribution is -0.137. The number of carbonyl (C=O) groups is 1. The number of halogens is 4. The molecule has 0 saturated heterocycles. The first kappa shape index (κ1) is 24.1. The third kappa shape index (κ3) is 5.71. The summed E-state index contributed by atoms with van der Waals surface area (Å²) in [6, 6.07) is 10.4. The number of amides is 1. The highest BCUT2D eigenvalue weighted by Crippen LogP contribution is 2.32. The molecule has 2 aromatic carbocycles. The number of carbonyl (C=O) groups excluding carboxylic acids is 1. The summed E-state index contributed by atoms with van der Waals surface area (Å²) >= 11 is 1.37. The second kappa shape index (κ2) is 9.76. The molecule has 0 aliphatic carbocycles. The van der Waals surface area contributed by atoms with E-state index in [1.807, 2.05) is 44.1 Å². The minimum absolute atomic E-state index is 0. The molecule has 1 heterocycles. The quantitative estimate of drug-likeness (QED) is 0.480. The lowest BCUT2D eigenvalue weighted by atomic mass is 10.1. The van der Waals surface area contributed by atoms with Crippen LogP contribution in [0.15, 0.2) is 42.5 Å². The largest absolute Gasteiger partial charge is 0.416 e. The molecule has 0 spiro atoms. The summed E-state index contributed by atoms with van der Waals surface area (Å²) < 4.78 is 40.2. The zero-order valence-corrected chi connectivity index (χ0v) is 18.5. The van der Waals surface area contributed by atoms with Gasteiger partial charge in [0.2, 0.25) is 0 Å². The summed E-state index contributed by atoms with van der Waals surface area (Å²) in [7, 11) is 3.86. The topological polar surface area (TPSA) is 36.4 Å². The van der Waals surface area contributed by atoms with Crippen molar-refractivity contribution in [3.8, 4) is 0 Å². The van der Waals surface area contributed by atoms with Crippen molar-refractivity contribution in [1.82, 2.24) is 9.88 Å². The van der Waals surface area contributed by atoms with Gasteiger partial charge < -0.3 is 4.90 Å². The zero-order valence-electron chi connectivity index (χ0n) is 16.9. The summed E-state index contributed by atoms with van der Waals surface area (Å²) in [5.41, 5.74) is 1.01. The summed E-state index contributed by atoms with van der Waals surface area (Å²) in [6.07, 6.45) is -3.83. The number of thiazole rings is 1. The van der Waals surface area contributed by atoms with Gasteiger partial charge in [0.05, 0.1) is 15.8 Å². The van der Waals surface area contributed by atoms with E-state index in [1.54, 1.807) is 0 Å². The van der Waals surface area contributed by atoms with Gasteiger partial charge in [0, 0.05) is 12.1 Å². The minimum Gasteiger partial charge on any atom is -0.309 e. The Labute approximate surface area is 183 Å². The molecule has 3 aromatic rings. The summed E-state index contributed by atoms with van der Waals surface area (Å²) in [6.45, 7) is 3.09. The number of rotatable bonds is 6. The first-order valence-corrected chi connectivity index (χ1v) is 9.98. The van der Waals surface area contributed by atoms with Crippen LogP contribution in [0.1, 0.15) is 27.9 Å². The molecule has 1 aromatic heterocycles. The van der Waals surface area contributed by atoms with Gasteiger partial charge in [0.1, 0.15) is 0 Å². The van der Waals surface area contributed by atoms with Gasteiger partial charge >= 0.3 is 6.18 Å². The van der Waals surface area contributed by atoms with Crippen LogP contribution in [-0.4, -0.2) is 43.0 Å². The molecule has 0 unspecified atom stereocenters. The fourth-order valence-corrected chi connectivity index (χ4v) is 4.04. The van der Waals surface area contributed by atoms with Crippen molar-refractivity contribution >= 4 is 45.0 Å². The van der Waals surface area contributed by atoms with E-state index >= 15 is 0 Å². The van der Waals surface area contributed by atoms with Crippen molar-refractivity contribution in [2.75, 3.05) is 32.1 Å². The van der Waals surface area contributed by atoms with E-state index in [0.29, 0.717) is 18.1 Å². The molecule has 162 valence electrons. The van der Waals surface area contributed by atoms with E-state index in [0.717, 1.165) is 34.5 Å². The van der Waals surface area contributed by atoms with Gasteiger partial charge in [0.25, 0.3) is 5.91 Å². The van der Waals surface area contributed by atoms with Gasteiger partial charge in [-0.1, -0.05) is 23.5 Å². The van der Waals surface area contributed by atoms with E-state index < -0.39 is 17.6 Å². The average molecular weight is 458 g/mol. The van der Waals surface area contributed by atoms with E-state index in [2.05, 4.69) is 4.98 Å². The molecular formula is C21H23ClF3N3OS. The van der Waals surface area contributed by atoms with Crippen LogP contribution in [0.5, 0.6) is 0 Å². The van der Waals surface area contributed by atoms with Gasteiger partial charge in [-0.25, -0.2) is 4.98 Å². The molecule has 3 rings (SSSR count). The van der Waals surface area contributed by atoms with Gasteiger partial charge in [-0.2, -0.15) is 13.2 Å². The molecule has 0 aliphatic rings. The Kier molecular flexibility index (Phi) is 7.85. The standard InChI is InChI=1S/C21H22F3N3OS.ClH/c1-14-8-9-17-18(12-14)29-20(25-17)27(11-5-10-26(2)3)19(28)15-6-4-7-16(13-15)21(22,23)24;/h4,6-9,12-13H,5,10-11H2,1-3H3;1H. The summed E-state index contributed by atoms with van der Waals surface area (Å²) in [5.74, 6) is -0.481. The fraction of sp³-hybridized carbons (Fsp3) is 0.333. The van der Waals surface area contributed by atoms with Gasteiger partial charge in [0.15, 0.2) is 5.13 Å². The van der Waals surface area contributed by atoms with Crippen LogP contribution < -0.4 is 4.90 Å². The first-order chi connectivity index (χ1) is 13.6. The minimum atomic E-state index is -4.50. The second-order valence-corrected chi connectivity index (χ2v) is 8.17. The van der Waals surface area contributed by atoms with Gasteiger partial charge in [-0.15, -0.1) is 12.4 Å². The lowest BCUT2D eigenvalue weighted by Crippen LogP contribution is -2.33. The summed E-state index contributed by atoms with van der Waals surface area (Å²) in [4.78, 5) is 21.2. The number of benzene rings is 2. The van der Waals surface area contributed by atoms with Crippen LogP contribution in [0.4, 0.5) is 18.3 Å². The maximum atomic E-state index is 13.2. The predicted octanol–water partition coefficient (Wildman–Crippen LogP) is 5.64. The number of anilines is 1. The van der Waals surface area contributed by atoms with Crippen molar-refractivity contribution in [1.29, 1.82) is 0 Å². The highest BCUT2D eigenvalue weighted by molar-refractivity contribution is 7.22. The van der Waals surface area contributed by atoms with Crippen molar-refractivity contribution in [2.45, 2.75) is 19.5 Å². The Balaban J connectivity index is 0.00000320. The molecule has 0 N–H and O–H groups in total. The molecule has 0 saturated carbocycles. The Bertz CT molecular complexity index is 1020. The molecule has 4 nitrogen and oxygen atoms in total. The van der Waals surface area contributed by atoms with Crippen LogP contribution in [0, 0.1) is 6.92 Å². The molecule has 0 atom stereocenters. The number of nitrogens with zero attached hydrogens (tertiary/aromatic N) is 3.